The summed E-state index contributed by atoms with van der Waals surface area (Å²) in [6, 6.07) is 0. The third-order valence-corrected chi connectivity index (χ3v) is 14.5. The number of Topliss-reactive ketones (excluding diaryl/α,β-unsaturated/α-hetero) is 2. The second kappa shape index (κ2) is 41.1. The first kappa shape index (κ1) is 94.7. The van der Waals surface area contributed by atoms with E-state index in [1.807, 2.05) is 46.4 Å². The van der Waals surface area contributed by atoms with Gasteiger partial charge in [0.1, 0.15) is 31.1 Å². The number of carbonyl (C=O) groups excluding carboxylic acids is 5. The van der Waals surface area contributed by atoms with Crippen LogP contribution in [-0.2, 0) is 48.4 Å². The van der Waals surface area contributed by atoms with Crippen LogP contribution in [0, 0.1) is 49.7 Å². The summed E-state index contributed by atoms with van der Waals surface area (Å²) >= 11 is 0. The molecule has 2 amide bonds. The summed E-state index contributed by atoms with van der Waals surface area (Å²) in [7, 11) is -5.56. The van der Waals surface area contributed by atoms with Crippen LogP contribution in [0.1, 0.15) is 293 Å². The summed E-state index contributed by atoms with van der Waals surface area (Å²) in [5, 5.41) is 9.25. The van der Waals surface area contributed by atoms with Crippen LogP contribution in [0.4, 0.5) is 0 Å². The number of amides is 2. The first-order chi connectivity index (χ1) is 37.5. The van der Waals surface area contributed by atoms with Crippen LogP contribution in [0.15, 0.2) is 0 Å². The van der Waals surface area contributed by atoms with Crippen molar-refractivity contribution in [2.45, 2.75) is 310 Å². The minimum absolute atomic E-state index is 0.0463. The quantitative estimate of drug-likeness (QED) is 0.161. The van der Waals surface area contributed by atoms with Gasteiger partial charge in [0, 0.05) is 83.5 Å². The number of hydrogen-bond acceptors (Lipinski definition) is 12. The van der Waals surface area contributed by atoms with Crippen molar-refractivity contribution in [2.24, 2.45) is 49.7 Å². The molecule has 3 rings (SSSR count). The second-order valence-corrected chi connectivity index (χ2v) is 39.7. The Kier molecular flexibility index (Phi) is 45.3. The fraction of sp³-hybridized carbons (Fsp3) is 0.929. The van der Waals surface area contributed by atoms with Gasteiger partial charge in [0.05, 0.1) is 17.6 Å². The lowest BCUT2D eigenvalue weighted by atomic mass is 9.90. The number of unbranched alkanes of at least 4 members (excludes halogenated alkanes) is 2. The molecule has 3 aliphatic heterocycles. The van der Waals surface area contributed by atoms with Gasteiger partial charge in [0.15, 0.2) is 0 Å². The van der Waals surface area contributed by atoms with Crippen LogP contribution in [0.3, 0.4) is 0 Å². The Morgan fingerprint density at radius 1 is 0.465 bits per heavy atom. The molecule has 0 bridgehead atoms. The lowest BCUT2D eigenvalue weighted by molar-refractivity contribution is -0.161. The molecule has 0 saturated carbocycles. The highest BCUT2D eigenvalue weighted by Crippen LogP contribution is 2.27. The maximum atomic E-state index is 11.6. The fourth-order valence-corrected chi connectivity index (χ4v) is 11.5. The van der Waals surface area contributed by atoms with E-state index in [1.54, 1.807) is 32.6 Å². The maximum absolute atomic E-state index is 11.6. The van der Waals surface area contributed by atoms with E-state index < -0.39 is 37.0 Å². The van der Waals surface area contributed by atoms with Crippen molar-refractivity contribution in [1.82, 2.24) is 14.7 Å². The van der Waals surface area contributed by atoms with Crippen molar-refractivity contribution in [3.05, 3.63) is 0 Å². The third-order valence-electron chi connectivity index (χ3n) is 11.7. The van der Waals surface area contributed by atoms with E-state index in [1.165, 1.54) is 71.0 Å². The zero-order valence-electron chi connectivity index (χ0n) is 63.1. The Labute approximate surface area is 534 Å². The molecule has 1 atom stereocenters. The molecule has 3 aliphatic rings. The predicted octanol–water partition coefficient (Wildman–Crippen LogP) is 16.2. The molecule has 3 heterocycles. The number of carbonyl (C=O) groups is 5. The molecule has 1 unspecified atom stereocenters. The largest absolute Gasteiger partial charge is 0.454 e. The first-order valence-corrected chi connectivity index (χ1v) is 36.2. The molecule has 0 aliphatic carbocycles. The summed E-state index contributed by atoms with van der Waals surface area (Å²) in [5.41, 5.74) is 1.09. The number of aliphatic hydroxyl groups excluding tert-OH is 1. The monoisotopic (exact) mass is 1270 g/mol. The normalized spacial score (nSPS) is 16.2. The molecule has 0 aromatic carbocycles. The molecule has 3 fully saturated rings. The van der Waals surface area contributed by atoms with Crippen LogP contribution < -0.4 is 0 Å². The number of ketones is 2. The molecule has 0 aromatic rings. The SMILES string of the molecule is CC(=O)C(=O)OC(C)(C)C.CC(=O)CC(C)(C)C.CC(C)(C)CC(=O)N1CCC(O)C1.CC(C)(C)CS(C)(=O)=O.CC(C)(C)CS(C)(=O)=O.CC1CN(C(=O)CC(C)(C)C)C1.CC1CN(C(C)(C)C)C1.CCCCC(C)(C)C.CCCCC(C)(C)C. The number of esters is 1. The zero-order chi connectivity index (χ0) is 70.3. The number of rotatable bonds is 10. The van der Waals surface area contributed by atoms with E-state index in [-0.39, 0.29) is 56.4 Å². The zero-order valence-corrected chi connectivity index (χ0v) is 64.8. The van der Waals surface area contributed by atoms with Crippen LogP contribution >= 0.6 is 0 Å². The Bertz CT molecular complexity index is 2030. The van der Waals surface area contributed by atoms with E-state index in [0.29, 0.717) is 54.0 Å². The van der Waals surface area contributed by atoms with Gasteiger partial charge in [-0.05, 0) is 117 Å². The standard InChI is InChI=1S/C10H19NO2.C10H19NO.C8H17N.2C8H18.C7H12O3.C7H14O.2C6H14O2S/c1-10(2,3)6-9(13)11-5-4-8(12)7-11;1-8-6-11(7-8)9(12)5-10(2,3)4;1-7-5-9(6-7)8(2,3)4;2*1-5-6-7-8(2,3)4;1-5(8)6(9)10-7(2,3)4;1-6(8)5-7(2,3)4;2*1-6(2,3)5-9(4,7)8/h8,12H,4-7H2,1-3H3;8H,5-7H2,1-4H3;7H,5-6H2,1-4H3;2*5-7H2,1-4H3;1-4H3;5H2,1-4H3;2*5H2,1-4H3. The highest BCUT2D eigenvalue weighted by Gasteiger charge is 2.32. The average Bonchev–Trinajstić information content (AvgIpc) is 3.61. The van der Waals surface area contributed by atoms with Crippen molar-refractivity contribution < 1.29 is 50.7 Å². The number of ether oxygens (including phenoxy) is 1. The minimum atomic E-state index is -2.78. The first-order valence-electron chi connectivity index (χ1n) is 32.1. The second-order valence-electron chi connectivity index (χ2n) is 35.4. The summed E-state index contributed by atoms with van der Waals surface area (Å²) in [5.74, 6) is 1.61. The van der Waals surface area contributed by atoms with Crippen molar-refractivity contribution in [3.63, 3.8) is 0 Å². The Hall–Kier alpha value is -2.43. The van der Waals surface area contributed by atoms with Gasteiger partial charge < -0.3 is 24.4 Å². The molecule has 14 nitrogen and oxygen atoms in total. The van der Waals surface area contributed by atoms with Gasteiger partial charge >= 0.3 is 5.97 Å². The van der Waals surface area contributed by atoms with E-state index in [9.17, 15) is 45.9 Å². The number of aliphatic hydroxyl groups is 1. The van der Waals surface area contributed by atoms with Gasteiger partial charge in [-0.1, -0.05) is 199 Å². The molecule has 518 valence electrons. The number of likely N-dealkylation sites (tertiary alicyclic amines) is 3. The van der Waals surface area contributed by atoms with Crippen LogP contribution in [0.2, 0.25) is 0 Å². The van der Waals surface area contributed by atoms with Gasteiger partial charge in [0.25, 0.3) is 0 Å². The fourth-order valence-electron chi connectivity index (χ4n) is 8.33. The molecule has 0 aromatic heterocycles. The Balaban J connectivity index is -0.000000211. The van der Waals surface area contributed by atoms with Gasteiger partial charge in [-0.15, -0.1) is 0 Å². The van der Waals surface area contributed by atoms with Gasteiger partial charge in [-0.3, -0.25) is 19.3 Å². The van der Waals surface area contributed by atoms with E-state index in [4.69, 9.17) is 4.74 Å². The lowest BCUT2D eigenvalue weighted by Gasteiger charge is -2.46. The van der Waals surface area contributed by atoms with Crippen molar-refractivity contribution in [1.29, 1.82) is 0 Å². The number of β-amino-alcohol motifs (C(OH)–C–C–N with tert-alkyl or cyclic N) is 1. The molecular formula is C70H145N3O11S2. The highest BCUT2D eigenvalue weighted by molar-refractivity contribution is 7.90. The predicted molar refractivity (Wildman–Crippen MR) is 369 cm³/mol. The van der Waals surface area contributed by atoms with Gasteiger partial charge in [0.2, 0.25) is 17.6 Å². The van der Waals surface area contributed by atoms with E-state index in [2.05, 4.69) is 157 Å². The molecule has 0 radical (unpaired) electrons. The molecule has 86 heavy (non-hydrogen) atoms. The molecule has 16 heteroatoms. The smallest absolute Gasteiger partial charge is 0.374 e. The lowest BCUT2D eigenvalue weighted by Crippen LogP contribution is -2.54. The molecule has 3 saturated heterocycles. The molecule has 1 N–H and O–H groups in total. The number of nitrogens with zero attached hydrogens (tertiary/aromatic N) is 3. The third kappa shape index (κ3) is 77.7. The van der Waals surface area contributed by atoms with Crippen LogP contribution in [-0.4, -0.2) is 147 Å². The van der Waals surface area contributed by atoms with Crippen molar-refractivity contribution in [3.8, 4) is 0 Å². The number of hydrogen-bond donors (Lipinski definition) is 1. The van der Waals surface area contributed by atoms with Crippen LogP contribution in [0.25, 0.3) is 0 Å². The Morgan fingerprint density at radius 3 is 0.907 bits per heavy atom. The summed E-state index contributed by atoms with van der Waals surface area (Å²) in [6.45, 7) is 73.4. The molecular weight excluding hydrogens is 1120 g/mol. The number of sulfone groups is 2. The van der Waals surface area contributed by atoms with Crippen molar-refractivity contribution >= 4 is 49.0 Å². The summed E-state index contributed by atoms with van der Waals surface area (Å²) in [6.07, 6.45) is 13.0. The Morgan fingerprint density at radius 2 is 0.779 bits per heavy atom. The topological polar surface area (TPSA) is 193 Å². The van der Waals surface area contributed by atoms with E-state index in [0.717, 1.165) is 32.0 Å². The highest BCUT2D eigenvalue weighted by atomic mass is 32.2. The van der Waals surface area contributed by atoms with Crippen LogP contribution in [0.5, 0.6) is 0 Å². The molecule has 0 spiro atoms. The van der Waals surface area contributed by atoms with E-state index >= 15 is 0 Å². The summed E-state index contributed by atoms with van der Waals surface area (Å²) in [4.78, 5) is 60.8. The average molecular weight is 1270 g/mol. The van der Waals surface area contributed by atoms with Crippen molar-refractivity contribution in [2.75, 3.05) is 63.3 Å². The van der Waals surface area contributed by atoms with Gasteiger partial charge in [-0.2, -0.15) is 0 Å². The summed E-state index contributed by atoms with van der Waals surface area (Å²) < 4.78 is 47.3. The maximum Gasteiger partial charge on any atom is 0.374 e. The van der Waals surface area contributed by atoms with Gasteiger partial charge in [-0.25, -0.2) is 21.6 Å². The minimum Gasteiger partial charge on any atom is -0.454 e.